The average Bonchev–Trinajstić information content (AvgIpc) is 2.41. The van der Waals surface area contributed by atoms with Gasteiger partial charge in [0, 0.05) is 8.95 Å². The van der Waals surface area contributed by atoms with Crippen molar-refractivity contribution in [3.05, 3.63) is 81.8 Å². The van der Waals surface area contributed by atoms with E-state index in [-0.39, 0.29) is 0 Å². The number of benzene rings is 2. The smallest absolute Gasteiger partial charge is 0.0175 e. The minimum atomic E-state index is 1.10. The predicted octanol–water partition coefficient (Wildman–Crippen LogP) is 6.18. The van der Waals surface area contributed by atoms with Crippen LogP contribution in [0.1, 0.15) is 11.1 Å². The summed E-state index contributed by atoms with van der Waals surface area (Å²) >= 11 is 6.68. The molecule has 0 N–H and O–H groups in total. The maximum absolute atomic E-state index is 3.65. The maximum Gasteiger partial charge on any atom is 0.0175 e. The summed E-state index contributed by atoms with van der Waals surface area (Å²) in [4.78, 5) is 0. The normalized spacial score (nSPS) is 9.00. The third-order valence-electron chi connectivity index (χ3n) is 2.21. The Hall–Kier alpha value is -1.12. The van der Waals surface area contributed by atoms with E-state index in [0.29, 0.717) is 0 Å². The van der Waals surface area contributed by atoms with Crippen LogP contribution in [0.2, 0.25) is 0 Å². The van der Waals surface area contributed by atoms with Crippen LogP contribution in [0.15, 0.2) is 70.6 Å². The predicted molar refractivity (Wildman–Crippen MR) is 88.5 cm³/mol. The Labute approximate surface area is 125 Å². The fraction of sp³-hybridized carbons (Fsp3) is 0. The first-order valence-corrected chi connectivity index (χ1v) is 7.00. The monoisotopic (exact) mass is 364 g/mol. The van der Waals surface area contributed by atoms with Crippen molar-refractivity contribution in [1.29, 1.82) is 0 Å². The van der Waals surface area contributed by atoms with Crippen molar-refractivity contribution in [2.24, 2.45) is 0 Å². The van der Waals surface area contributed by atoms with Gasteiger partial charge in [0.05, 0.1) is 0 Å². The van der Waals surface area contributed by atoms with Crippen LogP contribution < -0.4 is 0 Å². The van der Waals surface area contributed by atoms with Crippen LogP contribution in [-0.2, 0) is 0 Å². The van der Waals surface area contributed by atoms with Gasteiger partial charge in [-0.15, -0.1) is 0 Å². The molecule has 0 fully saturated rings. The maximum atomic E-state index is 3.65. The van der Waals surface area contributed by atoms with Gasteiger partial charge in [0.25, 0.3) is 0 Å². The van der Waals surface area contributed by atoms with Crippen molar-refractivity contribution in [2.45, 2.75) is 0 Å². The fourth-order valence-electron chi connectivity index (χ4n) is 1.20. The molecule has 0 spiro atoms. The Bertz CT molecular complexity index is 446. The van der Waals surface area contributed by atoms with Crippen LogP contribution in [0.3, 0.4) is 0 Å². The summed E-state index contributed by atoms with van der Waals surface area (Å²) in [5, 5.41) is 0. The van der Waals surface area contributed by atoms with Crippen LogP contribution in [-0.4, -0.2) is 0 Å². The molecule has 0 atom stereocenters. The highest BCUT2D eigenvalue weighted by atomic mass is 79.9. The molecule has 0 saturated heterocycles. The van der Waals surface area contributed by atoms with E-state index in [0.717, 1.165) is 20.1 Å². The van der Waals surface area contributed by atoms with Gasteiger partial charge in [0.15, 0.2) is 0 Å². The molecule has 0 unspecified atom stereocenters. The number of halogens is 2. The number of hydrogen-bond acceptors (Lipinski definition) is 0. The summed E-state index contributed by atoms with van der Waals surface area (Å²) < 4.78 is 2.21. The van der Waals surface area contributed by atoms with E-state index in [1.165, 1.54) is 0 Å². The Kier molecular flexibility index (Phi) is 6.69. The molecule has 0 amide bonds. The molecule has 0 nitrogen and oxygen atoms in total. The lowest BCUT2D eigenvalue weighted by Crippen LogP contribution is -1.67. The molecule has 0 heterocycles. The van der Waals surface area contributed by atoms with Gasteiger partial charge in [-0.05, 0) is 35.4 Å². The first-order valence-electron chi connectivity index (χ1n) is 5.41. The molecule has 92 valence electrons. The van der Waals surface area contributed by atoms with Crippen LogP contribution >= 0.6 is 31.9 Å². The molecule has 2 aromatic rings. The lowest BCUT2D eigenvalue weighted by atomic mass is 10.2. The average molecular weight is 366 g/mol. The molecule has 2 aromatic carbocycles. The topological polar surface area (TPSA) is 0 Å². The second-order valence-electron chi connectivity index (χ2n) is 3.51. The van der Waals surface area contributed by atoms with E-state index in [9.17, 15) is 0 Å². The zero-order chi connectivity index (χ0) is 13.4. The molecule has 0 saturated carbocycles. The van der Waals surface area contributed by atoms with Gasteiger partial charge in [0.2, 0.25) is 0 Å². The van der Waals surface area contributed by atoms with Gasteiger partial charge >= 0.3 is 0 Å². The SMILES string of the molecule is C=Cc1ccc(Br)cc1.C=Cc1ccc(Br)cc1. The molecule has 18 heavy (non-hydrogen) atoms. The molecule has 0 aliphatic carbocycles. The number of rotatable bonds is 2. The van der Waals surface area contributed by atoms with Gasteiger partial charge in [-0.3, -0.25) is 0 Å². The quantitative estimate of drug-likeness (QED) is 0.595. The van der Waals surface area contributed by atoms with E-state index in [2.05, 4.69) is 45.0 Å². The highest BCUT2D eigenvalue weighted by Crippen LogP contribution is 2.11. The highest BCUT2D eigenvalue weighted by molar-refractivity contribution is 9.10. The summed E-state index contributed by atoms with van der Waals surface area (Å²) in [6, 6.07) is 16.0. The summed E-state index contributed by atoms with van der Waals surface area (Å²) in [6.45, 7) is 7.29. The minimum absolute atomic E-state index is 1.10. The molecular weight excluding hydrogens is 352 g/mol. The van der Waals surface area contributed by atoms with E-state index in [1.54, 1.807) is 0 Å². The summed E-state index contributed by atoms with van der Waals surface area (Å²) in [5.74, 6) is 0. The second kappa shape index (κ2) is 8.06. The van der Waals surface area contributed by atoms with Crippen molar-refractivity contribution in [3.8, 4) is 0 Å². The lowest BCUT2D eigenvalue weighted by Gasteiger charge is -1.90. The van der Waals surface area contributed by atoms with Gasteiger partial charge in [0.1, 0.15) is 0 Å². The standard InChI is InChI=1S/2C8H7Br/c2*1-2-7-3-5-8(9)6-4-7/h2*2-6H,1H2. The molecule has 0 aliphatic rings. The van der Waals surface area contributed by atoms with E-state index >= 15 is 0 Å². The van der Waals surface area contributed by atoms with Crippen LogP contribution in [0, 0.1) is 0 Å². The van der Waals surface area contributed by atoms with Crippen molar-refractivity contribution >= 4 is 44.0 Å². The second-order valence-corrected chi connectivity index (χ2v) is 5.34. The zero-order valence-corrected chi connectivity index (χ0v) is 13.1. The molecule has 2 rings (SSSR count). The lowest BCUT2D eigenvalue weighted by molar-refractivity contribution is 1.62. The molecule has 0 aromatic heterocycles. The van der Waals surface area contributed by atoms with Crippen molar-refractivity contribution in [1.82, 2.24) is 0 Å². The first-order chi connectivity index (χ1) is 8.65. The van der Waals surface area contributed by atoms with Crippen LogP contribution in [0.5, 0.6) is 0 Å². The van der Waals surface area contributed by atoms with Crippen molar-refractivity contribution < 1.29 is 0 Å². The Morgan fingerprint density at radius 3 is 1.11 bits per heavy atom. The molecule has 0 aliphatic heterocycles. The van der Waals surface area contributed by atoms with E-state index in [1.807, 2.05) is 60.7 Å². The Morgan fingerprint density at radius 1 is 0.611 bits per heavy atom. The molecule has 0 bridgehead atoms. The van der Waals surface area contributed by atoms with E-state index in [4.69, 9.17) is 0 Å². The third kappa shape index (κ3) is 5.48. The molecular formula is C16H14Br2. The third-order valence-corrected chi connectivity index (χ3v) is 3.27. The Balaban J connectivity index is 0.000000180. The number of hydrogen-bond donors (Lipinski definition) is 0. The van der Waals surface area contributed by atoms with Crippen molar-refractivity contribution in [2.75, 3.05) is 0 Å². The van der Waals surface area contributed by atoms with Gasteiger partial charge in [-0.2, -0.15) is 0 Å². The summed E-state index contributed by atoms with van der Waals surface area (Å²) in [6.07, 6.45) is 3.65. The largest absolute Gasteiger partial charge is 0.0985 e. The fourth-order valence-corrected chi connectivity index (χ4v) is 1.73. The van der Waals surface area contributed by atoms with Crippen LogP contribution in [0.25, 0.3) is 12.2 Å². The van der Waals surface area contributed by atoms with Crippen molar-refractivity contribution in [3.63, 3.8) is 0 Å². The van der Waals surface area contributed by atoms with Crippen LogP contribution in [0.4, 0.5) is 0 Å². The molecule has 2 heteroatoms. The van der Waals surface area contributed by atoms with Gasteiger partial charge < -0.3 is 0 Å². The van der Waals surface area contributed by atoms with E-state index < -0.39 is 0 Å². The minimum Gasteiger partial charge on any atom is -0.0985 e. The highest BCUT2D eigenvalue weighted by Gasteiger charge is 1.84. The molecule has 0 radical (unpaired) electrons. The summed E-state index contributed by atoms with van der Waals surface area (Å²) in [7, 11) is 0. The first kappa shape index (κ1) is 14.9. The van der Waals surface area contributed by atoms with Gasteiger partial charge in [-0.1, -0.05) is 81.4 Å². The summed E-state index contributed by atoms with van der Waals surface area (Å²) in [5.41, 5.74) is 2.30. The zero-order valence-electron chi connectivity index (χ0n) is 9.94. The van der Waals surface area contributed by atoms with Gasteiger partial charge in [-0.25, -0.2) is 0 Å². The Morgan fingerprint density at radius 2 is 0.889 bits per heavy atom.